The second kappa shape index (κ2) is 5.31. The van der Waals surface area contributed by atoms with E-state index in [9.17, 15) is 17.2 Å². The van der Waals surface area contributed by atoms with Gasteiger partial charge in [0, 0.05) is 6.20 Å². The van der Waals surface area contributed by atoms with E-state index in [1.165, 1.54) is 0 Å². The van der Waals surface area contributed by atoms with E-state index in [1.54, 1.807) is 4.72 Å². The minimum Gasteiger partial charge on any atom is -0.383 e. The largest absolute Gasteiger partial charge is 0.383 e. The lowest BCUT2D eigenvalue weighted by atomic mass is 10.3. The molecule has 0 bridgehead atoms. The van der Waals surface area contributed by atoms with Gasteiger partial charge in [-0.05, 0) is 6.07 Å². The van der Waals surface area contributed by atoms with Crippen molar-refractivity contribution in [3.8, 4) is 0 Å². The maximum Gasteiger partial charge on any atom is 0.273 e. The Hall–Kier alpha value is -1.03. The molecule has 1 aromatic heterocycles. The summed E-state index contributed by atoms with van der Waals surface area (Å²) in [6, 6.07) is 1.02. The highest BCUT2D eigenvalue weighted by atomic mass is 35.5. The number of nitrogens with zero attached hydrogens (tertiary/aromatic N) is 1. The molecule has 0 aliphatic carbocycles. The summed E-state index contributed by atoms with van der Waals surface area (Å²) in [6.45, 7) is -2.10. The number of nitrogens with one attached hydrogen (secondary N) is 1. The van der Waals surface area contributed by atoms with Crippen LogP contribution in [0.4, 0.5) is 14.6 Å². The minimum atomic E-state index is -4.21. The first kappa shape index (κ1) is 15.0. The maximum atomic E-state index is 12.9. The smallest absolute Gasteiger partial charge is 0.273 e. The fraction of sp³-hybridized carbons (Fsp3) is 0.375. The Kier molecular flexibility index (Phi) is 4.43. The van der Waals surface area contributed by atoms with Gasteiger partial charge in [-0.25, -0.2) is 26.9 Å². The molecule has 0 radical (unpaired) electrons. The predicted octanol–water partition coefficient (Wildman–Crippen LogP) is 0.189. The number of nitrogen functional groups attached to an aromatic ring is 1. The molecule has 0 spiro atoms. The molecule has 0 unspecified atom stereocenters. The van der Waals surface area contributed by atoms with Gasteiger partial charge < -0.3 is 11.5 Å². The number of pyridine rings is 1. The zero-order chi connectivity index (χ0) is 14.0. The first-order chi connectivity index (χ1) is 8.18. The molecule has 0 aliphatic heterocycles. The molecule has 0 atom stereocenters. The SMILES string of the molecule is NCC(F)(F)CNS(=O)(=O)c1cc(Cl)cnc1N. The van der Waals surface area contributed by atoms with Gasteiger partial charge >= 0.3 is 0 Å². The second-order valence-corrected chi connectivity index (χ2v) is 5.59. The van der Waals surface area contributed by atoms with Crippen LogP contribution in [0.3, 0.4) is 0 Å². The van der Waals surface area contributed by atoms with Crippen LogP contribution in [0.1, 0.15) is 0 Å². The Morgan fingerprint density at radius 1 is 1.50 bits per heavy atom. The molecule has 6 nitrogen and oxygen atoms in total. The number of rotatable bonds is 5. The van der Waals surface area contributed by atoms with E-state index in [1.807, 2.05) is 0 Å². The molecule has 0 aliphatic rings. The zero-order valence-corrected chi connectivity index (χ0v) is 10.6. The van der Waals surface area contributed by atoms with Crippen LogP contribution in [-0.4, -0.2) is 32.4 Å². The Morgan fingerprint density at radius 2 is 2.11 bits per heavy atom. The molecule has 5 N–H and O–H groups in total. The Balaban J connectivity index is 2.97. The first-order valence-corrected chi connectivity index (χ1v) is 6.53. The molecule has 0 amide bonds. The third kappa shape index (κ3) is 3.73. The molecule has 0 saturated heterocycles. The van der Waals surface area contributed by atoms with Crippen molar-refractivity contribution >= 4 is 27.4 Å². The quantitative estimate of drug-likeness (QED) is 0.719. The number of hydrogen-bond acceptors (Lipinski definition) is 5. The number of nitrogens with two attached hydrogens (primary N) is 2. The lowest BCUT2D eigenvalue weighted by Gasteiger charge is -2.15. The van der Waals surface area contributed by atoms with Crippen molar-refractivity contribution in [3.63, 3.8) is 0 Å². The average Bonchev–Trinajstić information content (AvgIpc) is 2.30. The van der Waals surface area contributed by atoms with Crippen LogP contribution in [-0.2, 0) is 10.0 Å². The third-order valence-electron chi connectivity index (χ3n) is 1.96. The molecule has 1 heterocycles. The molecular weight excluding hydrogens is 290 g/mol. The Labute approximate surface area is 107 Å². The lowest BCUT2D eigenvalue weighted by Crippen LogP contribution is -2.41. The Bertz CT molecular complexity index is 538. The van der Waals surface area contributed by atoms with Crippen LogP contribution in [0.15, 0.2) is 17.2 Å². The van der Waals surface area contributed by atoms with Gasteiger partial charge in [0.15, 0.2) is 0 Å². The summed E-state index contributed by atoms with van der Waals surface area (Å²) >= 11 is 5.56. The lowest BCUT2D eigenvalue weighted by molar-refractivity contribution is 0.0170. The fourth-order valence-electron chi connectivity index (χ4n) is 0.997. The molecule has 102 valence electrons. The van der Waals surface area contributed by atoms with Gasteiger partial charge in [0.2, 0.25) is 10.0 Å². The number of halogens is 3. The van der Waals surface area contributed by atoms with Crippen molar-refractivity contribution < 1.29 is 17.2 Å². The number of anilines is 1. The normalized spacial score (nSPS) is 12.7. The second-order valence-electron chi connectivity index (χ2n) is 3.42. The minimum absolute atomic E-state index is 0.0233. The van der Waals surface area contributed by atoms with E-state index in [-0.39, 0.29) is 10.8 Å². The summed E-state index contributed by atoms with van der Waals surface area (Å²) in [6.07, 6.45) is 1.14. The van der Waals surface area contributed by atoms with E-state index in [0.717, 1.165) is 12.3 Å². The average molecular weight is 301 g/mol. The molecular formula is C8H11ClF2N4O2S. The van der Waals surface area contributed by atoms with E-state index in [2.05, 4.69) is 4.98 Å². The molecule has 0 saturated carbocycles. The van der Waals surface area contributed by atoms with Crippen molar-refractivity contribution in [1.29, 1.82) is 0 Å². The molecule has 0 fully saturated rings. The van der Waals surface area contributed by atoms with E-state index >= 15 is 0 Å². The molecule has 0 aromatic carbocycles. The number of aromatic nitrogens is 1. The summed E-state index contributed by atoms with van der Waals surface area (Å²) < 4.78 is 50.8. The number of hydrogen-bond donors (Lipinski definition) is 3. The van der Waals surface area contributed by atoms with Crippen LogP contribution >= 0.6 is 11.6 Å². The van der Waals surface area contributed by atoms with Gasteiger partial charge in [-0.1, -0.05) is 11.6 Å². The number of sulfonamides is 1. The number of alkyl halides is 2. The van der Waals surface area contributed by atoms with Gasteiger partial charge in [-0.15, -0.1) is 0 Å². The summed E-state index contributed by atoms with van der Waals surface area (Å²) in [4.78, 5) is 3.07. The van der Waals surface area contributed by atoms with Gasteiger partial charge in [0.1, 0.15) is 10.7 Å². The standard InChI is InChI=1S/C8H11ClF2N4O2S/c9-5-1-6(7(13)14-2-5)18(16,17)15-4-8(10,11)3-12/h1-2,15H,3-4,12H2,(H2,13,14). The van der Waals surface area contributed by atoms with Crippen molar-refractivity contribution in [2.24, 2.45) is 5.73 Å². The van der Waals surface area contributed by atoms with Gasteiger partial charge in [-0.3, -0.25) is 0 Å². The zero-order valence-electron chi connectivity index (χ0n) is 9.03. The monoisotopic (exact) mass is 300 g/mol. The molecule has 10 heteroatoms. The van der Waals surface area contributed by atoms with Crippen molar-refractivity contribution in [1.82, 2.24) is 9.71 Å². The van der Waals surface area contributed by atoms with Gasteiger partial charge in [-0.2, -0.15) is 0 Å². The van der Waals surface area contributed by atoms with Crippen LogP contribution in [0, 0.1) is 0 Å². The van der Waals surface area contributed by atoms with Crippen LogP contribution in [0.25, 0.3) is 0 Å². The Morgan fingerprint density at radius 3 is 2.67 bits per heavy atom. The van der Waals surface area contributed by atoms with Crippen molar-refractivity contribution in [2.45, 2.75) is 10.8 Å². The molecule has 18 heavy (non-hydrogen) atoms. The highest BCUT2D eigenvalue weighted by Gasteiger charge is 2.30. The van der Waals surface area contributed by atoms with E-state index < -0.39 is 33.9 Å². The molecule has 1 aromatic rings. The topological polar surface area (TPSA) is 111 Å². The summed E-state index contributed by atoms with van der Waals surface area (Å²) in [5.74, 6) is -3.67. The summed E-state index contributed by atoms with van der Waals surface area (Å²) in [7, 11) is -4.21. The van der Waals surface area contributed by atoms with Crippen LogP contribution in [0.5, 0.6) is 0 Å². The van der Waals surface area contributed by atoms with Gasteiger partial charge in [0.05, 0.1) is 18.1 Å². The van der Waals surface area contributed by atoms with Crippen LogP contribution < -0.4 is 16.2 Å². The third-order valence-corrected chi connectivity index (χ3v) is 3.59. The summed E-state index contributed by atoms with van der Waals surface area (Å²) in [5, 5.41) is 0.0233. The van der Waals surface area contributed by atoms with Crippen LogP contribution in [0.2, 0.25) is 5.02 Å². The maximum absolute atomic E-state index is 12.9. The van der Waals surface area contributed by atoms with E-state index in [0.29, 0.717) is 0 Å². The van der Waals surface area contributed by atoms with Gasteiger partial charge in [0.25, 0.3) is 5.92 Å². The van der Waals surface area contributed by atoms with Crippen molar-refractivity contribution in [3.05, 3.63) is 17.3 Å². The summed E-state index contributed by atoms with van der Waals surface area (Å²) in [5.41, 5.74) is 10.1. The van der Waals surface area contributed by atoms with Crippen molar-refractivity contribution in [2.75, 3.05) is 18.8 Å². The highest BCUT2D eigenvalue weighted by molar-refractivity contribution is 7.89. The molecule has 1 rings (SSSR count). The fourth-order valence-corrected chi connectivity index (χ4v) is 2.39. The first-order valence-electron chi connectivity index (χ1n) is 4.66. The van der Waals surface area contributed by atoms with E-state index in [4.69, 9.17) is 23.1 Å². The highest BCUT2D eigenvalue weighted by Crippen LogP contribution is 2.20. The predicted molar refractivity (Wildman–Crippen MR) is 62.8 cm³/mol.